The fraction of sp³-hybridized carbons (Fsp3) is 0.286. The summed E-state index contributed by atoms with van der Waals surface area (Å²) < 4.78 is 6.54. The number of hydrogen-bond donors (Lipinski definition) is 1. The third-order valence-corrected chi connectivity index (χ3v) is 3.88. The number of halogens is 1. The van der Waals surface area contributed by atoms with Crippen molar-refractivity contribution in [3.05, 3.63) is 33.5 Å². The van der Waals surface area contributed by atoms with E-state index in [9.17, 15) is 0 Å². The standard InChI is InChI=1S/C14H16IN3O/c1-3-10-12(15)13(16)18-14(17-10)9-7-5-6-8-11(9)19-4-2/h5-8H,3-4H2,1-2H3,(H2,16,17,18). The Kier molecular flexibility index (Phi) is 4.57. The first-order valence-electron chi connectivity index (χ1n) is 6.21. The predicted molar refractivity (Wildman–Crippen MR) is 85.1 cm³/mol. The zero-order valence-electron chi connectivity index (χ0n) is 11.0. The molecule has 0 amide bonds. The summed E-state index contributed by atoms with van der Waals surface area (Å²) in [6.07, 6.45) is 0.828. The Morgan fingerprint density at radius 3 is 2.63 bits per heavy atom. The van der Waals surface area contributed by atoms with Crippen molar-refractivity contribution >= 4 is 28.4 Å². The van der Waals surface area contributed by atoms with Gasteiger partial charge in [0.1, 0.15) is 11.6 Å². The Morgan fingerprint density at radius 2 is 1.95 bits per heavy atom. The maximum absolute atomic E-state index is 5.96. The molecule has 0 aliphatic carbocycles. The quantitative estimate of drug-likeness (QED) is 0.841. The highest BCUT2D eigenvalue weighted by molar-refractivity contribution is 14.1. The molecule has 1 aromatic carbocycles. The van der Waals surface area contributed by atoms with Crippen molar-refractivity contribution in [3.8, 4) is 17.1 Å². The molecule has 0 radical (unpaired) electrons. The molecule has 0 fully saturated rings. The fourth-order valence-electron chi connectivity index (χ4n) is 1.80. The van der Waals surface area contributed by atoms with Gasteiger partial charge < -0.3 is 10.5 Å². The summed E-state index contributed by atoms with van der Waals surface area (Å²) in [7, 11) is 0. The zero-order valence-corrected chi connectivity index (χ0v) is 13.1. The van der Waals surface area contributed by atoms with E-state index in [2.05, 4.69) is 39.5 Å². The van der Waals surface area contributed by atoms with Gasteiger partial charge in [-0.3, -0.25) is 0 Å². The van der Waals surface area contributed by atoms with Gasteiger partial charge in [0.15, 0.2) is 5.82 Å². The first-order chi connectivity index (χ1) is 9.17. The molecule has 1 heterocycles. The molecular formula is C14H16IN3O. The van der Waals surface area contributed by atoms with Crippen LogP contribution in [0, 0.1) is 3.57 Å². The summed E-state index contributed by atoms with van der Waals surface area (Å²) in [6.45, 7) is 4.62. The van der Waals surface area contributed by atoms with Crippen LogP contribution in [0.5, 0.6) is 5.75 Å². The second-order valence-corrected chi connectivity index (χ2v) is 5.05. The number of ether oxygens (including phenoxy) is 1. The van der Waals surface area contributed by atoms with Crippen LogP contribution in [0.2, 0.25) is 0 Å². The molecule has 2 N–H and O–H groups in total. The van der Waals surface area contributed by atoms with E-state index >= 15 is 0 Å². The Bertz CT molecular complexity index is 587. The summed E-state index contributed by atoms with van der Waals surface area (Å²) in [5.41, 5.74) is 7.80. The van der Waals surface area contributed by atoms with Crippen LogP contribution < -0.4 is 10.5 Å². The summed E-state index contributed by atoms with van der Waals surface area (Å²) in [4.78, 5) is 8.96. The summed E-state index contributed by atoms with van der Waals surface area (Å²) in [6, 6.07) is 7.75. The summed E-state index contributed by atoms with van der Waals surface area (Å²) >= 11 is 2.19. The number of anilines is 1. The number of rotatable bonds is 4. The van der Waals surface area contributed by atoms with E-state index in [1.54, 1.807) is 0 Å². The summed E-state index contributed by atoms with van der Waals surface area (Å²) in [5.74, 6) is 1.93. The van der Waals surface area contributed by atoms with Crippen molar-refractivity contribution in [2.75, 3.05) is 12.3 Å². The minimum Gasteiger partial charge on any atom is -0.493 e. The van der Waals surface area contributed by atoms with E-state index in [-0.39, 0.29) is 0 Å². The first-order valence-corrected chi connectivity index (χ1v) is 7.29. The number of nitrogens with two attached hydrogens (primary N) is 1. The molecule has 100 valence electrons. The van der Waals surface area contributed by atoms with Crippen LogP contribution >= 0.6 is 22.6 Å². The topological polar surface area (TPSA) is 61.0 Å². The second kappa shape index (κ2) is 6.18. The van der Waals surface area contributed by atoms with E-state index in [4.69, 9.17) is 10.5 Å². The maximum Gasteiger partial charge on any atom is 0.165 e. The predicted octanol–water partition coefficient (Wildman–Crippen LogP) is 3.29. The molecular weight excluding hydrogens is 353 g/mol. The van der Waals surface area contributed by atoms with Gasteiger partial charge in [-0.05, 0) is 48.1 Å². The van der Waals surface area contributed by atoms with E-state index in [0.717, 1.165) is 27.0 Å². The van der Waals surface area contributed by atoms with Crippen LogP contribution in [0.3, 0.4) is 0 Å². The van der Waals surface area contributed by atoms with Crippen molar-refractivity contribution in [1.29, 1.82) is 0 Å². The van der Waals surface area contributed by atoms with E-state index in [1.807, 2.05) is 31.2 Å². The number of nitrogens with zero attached hydrogens (tertiary/aromatic N) is 2. The normalized spacial score (nSPS) is 10.5. The fourth-order valence-corrected chi connectivity index (χ4v) is 2.42. The van der Waals surface area contributed by atoms with Crippen molar-refractivity contribution in [2.24, 2.45) is 0 Å². The molecule has 0 unspecified atom stereocenters. The van der Waals surface area contributed by atoms with E-state index < -0.39 is 0 Å². The largest absolute Gasteiger partial charge is 0.493 e. The molecule has 19 heavy (non-hydrogen) atoms. The Morgan fingerprint density at radius 1 is 1.21 bits per heavy atom. The third-order valence-electron chi connectivity index (χ3n) is 2.71. The molecule has 5 heteroatoms. The zero-order chi connectivity index (χ0) is 13.8. The molecule has 0 aliphatic heterocycles. The third kappa shape index (κ3) is 2.97. The highest BCUT2D eigenvalue weighted by Crippen LogP contribution is 2.29. The average molecular weight is 369 g/mol. The Balaban J connectivity index is 2.56. The van der Waals surface area contributed by atoms with Gasteiger partial charge in [0.05, 0.1) is 21.4 Å². The molecule has 2 rings (SSSR count). The molecule has 2 aromatic rings. The lowest BCUT2D eigenvalue weighted by atomic mass is 10.1. The van der Waals surface area contributed by atoms with Crippen LogP contribution in [0.1, 0.15) is 19.5 Å². The van der Waals surface area contributed by atoms with Gasteiger partial charge in [-0.15, -0.1) is 0 Å². The van der Waals surface area contributed by atoms with Crippen LogP contribution in [0.25, 0.3) is 11.4 Å². The molecule has 0 saturated heterocycles. The number of benzene rings is 1. The SMILES string of the molecule is CCOc1ccccc1-c1nc(N)c(I)c(CC)n1. The van der Waals surface area contributed by atoms with Gasteiger partial charge in [0.2, 0.25) is 0 Å². The molecule has 0 aliphatic rings. The van der Waals surface area contributed by atoms with Crippen molar-refractivity contribution < 1.29 is 4.74 Å². The van der Waals surface area contributed by atoms with Crippen LogP contribution in [-0.4, -0.2) is 16.6 Å². The molecule has 4 nitrogen and oxygen atoms in total. The van der Waals surface area contributed by atoms with E-state index in [1.165, 1.54) is 0 Å². The molecule has 0 spiro atoms. The Labute approximate surface area is 126 Å². The highest BCUT2D eigenvalue weighted by Gasteiger charge is 2.13. The van der Waals surface area contributed by atoms with Gasteiger partial charge in [-0.1, -0.05) is 19.1 Å². The van der Waals surface area contributed by atoms with E-state index in [0.29, 0.717) is 18.2 Å². The van der Waals surface area contributed by atoms with Crippen molar-refractivity contribution in [1.82, 2.24) is 9.97 Å². The first kappa shape index (κ1) is 14.0. The minimum absolute atomic E-state index is 0.522. The number of nitrogen functional groups attached to an aromatic ring is 1. The second-order valence-electron chi connectivity index (χ2n) is 3.98. The lowest BCUT2D eigenvalue weighted by Crippen LogP contribution is -2.05. The average Bonchev–Trinajstić information content (AvgIpc) is 2.43. The summed E-state index contributed by atoms with van der Waals surface area (Å²) in [5, 5.41) is 0. The number of para-hydroxylation sites is 1. The van der Waals surface area contributed by atoms with Gasteiger partial charge in [0, 0.05) is 0 Å². The lowest BCUT2D eigenvalue weighted by molar-refractivity contribution is 0.341. The number of aromatic nitrogens is 2. The number of aryl methyl sites for hydroxylation is 1. The van der Waals surface area contributed by atoms with Crippen LogP contribution in [-0.2, 0) is 6.42 Å². The van der Waals surface area contributed by atoms with Gasteiger partial charge >= 0.3 is 0 Å². The maximum atomic E-state index is 5.96. The van der Waals surface area contributed by atoms with Gasteiger partial charge in [0.25, 0.3) is 0 Å². The smallest absolute Gasteiger partial charge is 0.165 e. The highest BCUT2D eigenvalue weighted by atomic mass is 127. The molecule has 0 atom stereocenters. The van der Waals surface area contributed by atoms with Crippen LogP contribution in [0.4, 0.5) is 5.82 Å². The molecule has 0 saturated carbocycles. The molecule has 1 aromatic heterocycles. The van der Waals surface area contributed by atoms with Crippen molar-refractivity contribution in [2.45, 2.75) is 20.3 Å². The Hall–Kier alpha value is -1.37. The van der Waals surface area contributed by atoms with Crippen molar-refractivity contribution in [3.63, 3.8) is 0 Å². The van der Waals surface area contributed by atoms with Gasteiger partial charge in [-0.2, -0.15) is 0 Å². The van der Waals surface area contributed by atoms with Gasteiger partial charge in [-0.25, -0.2) is 9.97 Å². The van der Waals surface area contributed by atoms with Crippen LogP contribution in [0.15, 0.2) is 24.3 Å². The molecule has 0 bridgehead atoms. The monoisotopic (exact) mass is 369 g/mol. The lowest BCUT2D eigenvalue weighted by Gasteiger charge is -2.11. The minimum atomic E-state index is 0.522. The number of hydrogen-bond acceptors (Lipinski definition) is 4.